The van der Waals surface area contributed by atoms with Gasteiger partial charge in [-0.1, -0.05) is 6.07 Å². The molecule has 3 aliphatic rings. The van der Waals surface area contributed by atoms with Crippen molar-refractivity contribution in [2.45, 2.75) is 31.3 Å². The topological polar surface area (TPSA) is 65.5 Å². The molecule has 0 aliphatic carbocycles. The van der Waals surface area contributed by atoms with Gasteiger partial charge in [-0.15, -0.1) is 0 Å². The minimum atomic E-state index is -0.551. The van der Waals surface area contributed by atoms with E-state index >= 15 is 0 Å². The molecular weight excluding hydrogens is 358 g/mol. The highest BCUT2D eigenvalue weighted by Crippen LogP contribution is 2.37. The summed E-state index contributed by atoms with van der Waals surface area (Å²) in [5, 5.41) is 10.7. The molecule has 0 spiro atoms. The van der Waals surface area contributed by atoms with Crippen LogP contribution >= 0.6 is 0 Å². The number of β-amino-alcohol motifs (C(OH)–C–C–N with tert-alkyl or cyclic N) is 1. The molecule has 0 bridgehead atoms. The molecule has 4 rings (SSSR count). The van der Waals surface area contributed by atoms with Crippen LogP contribution in [0.1, 0.15) is 30.7 Å². The summed E-state index contributed by atoms with van der Waals surface area (Å²) in [6.07, 6.45) is 1.90. The van der Waals surface area contributed by atoms with Gasteiger partial charge in [0.15, 0.2) is 11.5 Å². The highest BCUT2D eigenvalue weighted by atomic mass is 16.7. The number of benzene rings is 1. The monoisotopic (exact) mass is 389 g/mol. The van der Waals surface area contributed by atoms with Crippen molar-refractivity contribution in [2.24, 2.45) is 0 Å². The zero-order chi connectivity index (χ0) is 19.5. The van der Waals surface area contributed by atoms with E-state index in [4.69, 9.17) is 9.47 Å². The standard InChI is InChI=1S/C21H31N3O4/c1-22-7-2-8-23(12-11-22)9-6-21(26)24-10-5-17(18(25)14-24)16-3-4-19-20(13-16)28-15-27-19/h3-4,13,17-18,25H,2,5-12,14-15H2,1H3/t17-,18+/m0/s1. The molecule has 2 fully saturated rings. The molecule has 3 aliphatic heterocycles. The molecule has 1 N–H and O–H groups in total. The fraction of sp³-hybridized carbons (Fsp3) is 0.667. The maximum atomic E-state index is 12.7. The fourth-order valence-electron chi connectivity index (χ4n) is 4.43. The lowest BCUT2D eigenvalue weighted by atomic mass is 9.87. The van der Waals surface area contributed by atoms with Gasteiger partial charge in [0.2, 0.25) is 12.7 Å². The van der Waals surface area contributed by atoms with Crippen LogP contribution in [0.5, 0.6) is 11.5 Å². The molecule has 7 nitrogen and oxygen atoms in total. The van der Waals surface area contributed by atoms with Gasteiger partial charge in [-0.25, -0.2) is 0 Å². The Balaban J connectivity index is 1.28. The fourth-order valence-corrected chi connectivity index (χ4v) is 4.43. The number of hydrogen-bond acceptors (Lipinski definition) is 6. The van der Waals surface area contributed by atoms with Crippen molar-refractivity contribution in [3.8, 4) is 11.5 Å². The molecule has 1 aromatic rings. The molecule has 2 atom stereocenters. The number of likely N-dealkylation sites (tertiary alicyclic amines) is 1. The zero-order valence-electron chi connectivity index (χ0n) is 16.7. The molecule has 3 heterocycles. The van der Waals surface area contributed by atoms with Crippen molar-refractivity contribution in [3.63, 3.8) is 0 Å². The van der Waals surface area contributed by atoms with E-state index in [0.29, 0.717) is 19.5 Å². The van der Waals surface area contributed by atoms with Gasteiger partial charge >= 0.3 is 0 Å². The van der Waals surface area contributed by atoms with Crippen LogP contribution in [0, 0.1) is 0 Å². The first-order chi connectivity index (χ1) is 13.6. The van der Waals surface area contributed by atoms with E-state index in [2.05, 4.69) is 16.8 Å². The first kappa shape index (κ1) is 19.5. The van der Waals surface area contributed by atoms with Gasteiger partial charge in [0, 0.05) is 45.1 Å². The molecule has 1 aromatic carbocycles. The van der Waals surface area contributed by atoms with Gasteiger partial charge in [0.1, 0.15) is 0 Å². The number of hydrogen-bond donors (Lipinski definition) is 1. The van der Waals surface area contributed by atoms with Crippen molar-refractivity contribution in [3.05, 3.63) is 23.8 Å². The molecule has 0 radical (unpaired) electrons. The number of rotatable bonds is 4. The first-order valence-corrected chi connectivity index (χ1v) is 10.4. The van der Waals surface area contributed by atoms with E-state index in [1.807, 2.05) is 23.1 Å². The lowest BCUT2D eigenvalue weighted by molar-refractivity contribution is -0.135. The minimum absolute atomic E-state index is 0.0275. The van der Waals surface area contributed by atoms with Crippen molar-refractivity contribution in [1.82, 2.24) is 14.7 Å². The second-order valence-electron chi connectivity index (χ2n) is 8.16. The van der Waals surface area contributed by atoms with Crippen molar-refractivity contribution < 1.29 is 19.4 Å². The van der Waals surface area contributed by atoms with Crippen LogP contribution in [0.25, 0.3) is 0 Å². The molecule has 2 saturated heterocycles. The van der Waals surface area contributed by atoms with E-state index in [9.17, 15) is 9.90 Å². The Kier molecular flexibility index (Phi) is 6.04. The van der Waals surface area contributed by atoms with Gasteiger partial charge in [-0.05, 0) is 50.7 Å². The SMILES string of the molecule is CN1CCCN(CCC(=O)N2CC[C@@H](c3ccc4c(c3)OCO4)[C@H](O)C2)CC1. The van der Waals surface area contributed by atoms with Crippen LogP contribution in [0.2, 0.25) is 0 Å². The lowest BCUT2D eigenvalue weighted by Gasteiger charge is -2.36. The molecule has 28 heavy (non-hydrogen) atoms. The Hall–Kier alpha value is -1.83. The van der Waals surface area contributed by atoms with Crippen molar-refractivity contribution in [1.29, 1.82) is 0 Å². The number of likely N-dealkylation sites (N-methyl/N-ethyl adjacent to an activating group) is 1. The van der Waals surface area contributed by atoms with Crippen LogP contribution in [-0.4, -0.2) is 91.5 Å². The van der Waals surface area contributed by atoms with E-state index in [-0.39, 0.29) is 18.6 Å². The summed E-state index contributed by atoms with van der Waals surface area (Å²) < 4.78 is 10.8. The Labute approximate surface area is 166 Å². The number of nitrogens with zero attached hydrogens (tertiary/aromatic N) is 3. The highest BCUT2D eigenvalue weighted by Gasteiger charge is 2.32. The zero-order valence-corrected chi connectivity index (χ0v) is 16.7. The molecule has 154 valence electrons. The summed E-state index contributed by atoms with van der Waals surface area (Å²) in [6, 6.07) is 5.86. The van der Waals surface area contributed by atoms with Crippen LogP contribution in [0.4, 0.5) is 0 Å². The number of carbonyl (C=O) groups excluding carboxylic acids is 1. The molecule has 7 heteroatoms. The Morgan fingerprint density at radius 3 is 2.86 bits per heavy atom. The number of amides is 1. The van der Waals surface area contributed by atoms with Crippen LogP contribution < -0.4 is 9.47 Å². The second kappa shape index (κ2) is 8.68. The smallest absolute Gasteiger partial charge is 0.231 e. The normalized spacial score (nSPS) is 26.3. The van der Waals surface area contributed by atoms with Gasteiger partial charge < -0.3 is 29.3 Å². The maximum absolute atomic E-state index is 12.7. The van der Waals surface area contributed by atoms with Crippen molar-refractivity contribution in [2.75, 3.05) is 59.7 Å². The number of carbonyl (C=O) groups is 1. The minimum Gasteiger partial charge on any atom is -0.454 e. The Bertz CT molecular complexity index is 698. The summed E-state index contributed by atoms with van der Waals surface area (Å²) in [4.78, 5) is 19.2. The molecule has 1 amide bonds. The molecule has 0 aromatic heterocycles. The third kappa shape index (κ3) is 4.42. The van der Waals surface area contributed by atoms with Gasteiger partial charge in [0.25, 0.3) is 0 Å². The number of aliphatic hydroxyl groups is 1. The highest BCUT2D eigenvalue weighted by molar-refractivity contribution is 5.76. The third-order valence-corrected chi connectivity index (χ3v) is 6.21. The van der Waals surface area contributed by atoms with Gasteiger partial charge in [-0.2, -0.15) is 0 Å². The molecule has 0 saturated carbocycles. The third-order valence-electron chi connectivity index (χ3n) is 6.21. The average molecular weight is 389 g/mol. The summed E-state index contributed by atoms with van der Waals surface area (Å²) in [6.45, 7) is 6.44. The Morgan fingerprint density at radius 1 is 1.14 bits per heavy atom. The number of fused-ring (bicyclic) bond motifs is 1. The summed E-state index contributed by atoms with van der Waals surface area (Å²) in [5.74, 6) is 1.68. The number of aliphatic hydroxyl groups excluding tert-OH is 1. The first-order valence-electron chi connectivity index (χ1n) is 10.4. The van der Waals surface area contributed by atoms with Crippen LogP contribution in [0.15, 0.2) is 18.2 Å². The largest absolute Gasteiger partial charge is 0.454 e. The predicted octanol–water partition coefficient (Wildman–Crippen LogP) is 1.12. The van der Waals surface area contributed by atoms with Crippen LogP contribution in [-0.2, 0) is 4.79 Å². The quantitative estimate of drug-likeness (QED) is 0.833. The maximum Gasteiger partial charge on any atom is 0.231 e. The predicted molar refractivity (Wildman–Crippen MR) is 106 cm³/mol. The second-order valence-corrected chi connectivity index (χ2v) is 8.16. The molecular formula is C21H31N3O4. The Morgan fingerprint density at radius 2 is 2.00 bits per heavy atom. The molecule has 0 unspecified atom stereocenters. The average Bonchev–Trinajstić information content (AvgIpc) is 3.07. The van der Waals surface area contributed by atoms with Gasteiger partial charge in [-0.3, -0.25) is 4.79 Å². The van der Waals surface area contributed by atoms with Gasteiger partial charge in [0.05, 0.1) is 6.10 Å². The van der Waals surface area contributed by atoms with E-state index < -0.39 is 6.10 Å². The summed E-state index contributed by atoms with van der Waals surface area (Å²) in [5.41, 5.74) is 1.05. The summed E-state index contributed by atoms with van der Waals surface area (Å²) in [7, 11) is 2.15. The summed E-state index contributed by atoms with van der Waals surface area (Å²) >= 11 is 0. The van der Waals surface area contributed by atoms with E-state index in [0.717, 1.165) is 62.6 Å². The van der Waals surface area contributed by atoms with Crippen LogP contribution in [0.3, 0.4) is 0 Å². The number of piperidine rings is 1. The number of ether oxygens (including phenoxy) is 2. The van der Waals surface area contributed by atoms with E-state index in [1.54, 1.807) is 0 Å². The van der Waals surface area contributed by atoms with Crippen molar-refractivity contribution >= 4 is 5.91 Å². The van der Waals surface area contributed by atoms with E-state index in [1.165, 1.54) is 0 Å². The lowest BCUT2D eigenvalue weighted by Crippen LogP contribution is -2.46.